The van der Waals surface area contributed by atoms with Gasteiger partial charge in [-0.1, -0.05) is 0 Å². The van der Waals surface area contributed by atoms with E-state index in [1.54, 1.807) is 4.90 Å². The van der Waals surface area contributed by atoms with Gasteiger partial charge in [-0.3, -0.25) is 4.52 Å². The first-order chi connectivity index (χ1) is 13.8. The van der Waals surface area contributed by atoms with Gasteiger partial charge in [0.05, 0.1) is 19.4 Å². The Morgan fingerprint density at radius 2 is 1.90 bits per heavy atom. The van der Waals surface area contributed by atoms with Crippen LogP contribution in [0.2, 0.25) is 0 Å². The molecule has 5 atom stereocenters. The Hall–Kier alpha value is -1.19. The van der Waals surface area contributed by atoms with Crippen LogP contribution in [0.25, 0.3) is 0 Å². The first-order valence-corrected chi connectivity index (χ1v) is 12.5. The number of anilines is 3. The second kappa shape index (κ2) is 8.39. The third-order valence-corrected chi connectivity index (χ3v) is 7.73. The van der Waals surface area contributed by atoms with Gasteiger partial charge in [-0.15, -0.1) is 0 Å². The van der Waals surface area contributed by atoms with Crippen molar-refractivity contribution in [3.05, 3.63) is 6.33 Å². The van der Waals surface area contributed by atoms with E-state index in [2.05, 4.69) is 28.4 Å². The van der Waals surface area contributed by atoms with Crippen molar-refractivity contribution < 1.29 is 56.3 Å². The van der Waals surface area contributed by atoms with Crippen LogP contribution in [-0.4, -0.2) is 66.4 Å². The number of phosphoric acid groups is 3. The van der Waals surface area contributed by atoms with Crippen molar-refractivity contribution in [2.45, 2.75) is 24.9 Å². The van der Waals surface area contributed by atoms with Crippen molar-refractivity contribution in [2.75, 3.05) is 29.2 Å². The number of hydrogen-bond donors (Lipinski definition) is 7. The monoisotopic (exact) mass is 493 g/mol. The number of nitrogens with one attached hydrogen (secondary N) is 1. The molecule has 0 saturated carbocycles. The highest BCUT2D eigenvalue weighted by molar-refractivity contribution is 7.66. The van der Waals surface area contributed by atoms with E-state index >= 15 is 0 Å². The second-order valence-corrected chi connectivity index (χ2v) is 10.5. The lowest BCUT2D eigenvalue weighted by atomic mass is 10.2. The molecule has 0 radical (unpaired) electrons. The molecule has 8 N–H and O–H groups in total. The fraction of sp³-hybridized carbons (Fsp3) is 0.600. The van der Waals surface area contributed by atoms with Crippen LogP contribution in [0.5, 0.6) is 0 Å². The SMILES string of the molecule is Nc1ncnc2c1NCN2C1C[C@H](O)[C@@H](COP(=O)(O)OP(=O)(O)OP(=O)(O)O)O1. The smallest absolute Gasteiger partial charge is 0.390 e. The number of nitrogen functional groups attached to an aromatic ring is 1. The van der Waals surface area contributed by atoms with E-state index < -0.39 is 48.5 Å². The zero-order valence-corrected chi connectivity index (χ0v) is 17.5. The Balaban J connectivity index is 1.59. The van der Waals surface area contributed by atoms with Crippen molar-refractivity contribution >= 4 is 40.8 Å². The topological polar surface area (TPSA) is 256 Å². The standard InChI is InChI=1S/C10H18N5O12P3/c11-9-8-10(13-3-12-9)15(4-14-8)7-1-5(16)6(25-7)2-24-29(20,21)27-30(22,23)26-28(17,18)19/h3,5-7,14,16H,1-2,4H2,(H,20,21)(H,22,23)(H2,11,12,13)(H2,17,18,19)/t5-,6+,7?/m0/s1. The Labute approximate surface area is 168 Å². The van der Waals surface area contributed by atoms with Crippen LogP contribution in [0.15, 0.2) is 6.33 Å². The maximum atomic E-state index is 11.8. The number of phosphoric ester groups is 1. The average Bonchev–Trinajstić information content (AvgIpc) is 3.14. The number of nitrogens with two attached hydrogens (primary N) is 1. The highest BCUT2D eigenvalue weighted by Gasteiger charge is 2.44. The molecule has 1 fully saturated rings. The van der Waals surface area contributed by atoms with Crippen molar-refractivity contribution in [2.24, 2.45) is 0 Å². The van der Waals surface area contributed by atoms with Crippen LogP contribution < -0.4 is 16.0 Å². The number of nitrogens with zero attached hydrogens (tertiary/aromatic N) is 3. The minimum atomic E-state index is -5.63. The van der Waals surface area contributed by atoms with Crippen LogP contribution in [0, 0.1) is 0 Å². The van der Waals surface area contributed by atoms with Gasteiger partial charge in [0, 0.05) is 6.42 Å². The molecule has 2 aliphatic heterocycles. The molecule has 20 heteroatoms. The van der Waals surface area contributed by atoms with E-state index in [0.29, 0.717) is 11.5 Å². The number of aliphatic hydroxyl groups is 1. The predicted molar refractivity (Wildman–Crippen MR) is 96.5 cm³/mol. The summed E-state index contributed by atoms with van der Waals surface area (Å²) in [6.07, 6.45) is -1.74. The summed E-state index contributed by atoms with van der Waals surface area (Å²) in [6.45, 7) is -0.528. The lowest BCUT2D eigenvalue weighted by Crippen LogP contribution is -2.36. The Kier molecular flexibility index (Phi) is 6.56. The van der Waals surface area contributed by atoms with Crippen LogP contribution in [-0.2, 0) is 31.6 Å². The first kappa shape index (κ1) is 23.5. The van der Waals surface area contributed by atoms with Crippen LogP contribution in [0.1, 0.15) is 6.42 Å². The molecule has 1 saturated heterocycles. The normalized spacial score (nSPS) is 27.9. The van der Waals surface area contributed by atoms with Gasteiger partial charge < -0.3 is 45.4 Å². The van der Waals surface area contributed by atoms with E-state index in [1.165, 1.54) is 6.33 Å². The van der Waals surface area contributed by atoms with Crippen molar-refractivity contribution in [1.29, 1.82) is 0 Å². The van der Waals surface area contributed by atoms with Gasteiger partial charge in [-0.05, 0) is 0 Å². The summed E-state index contributed by atoms with van der Waals surface area (Å²) in [7, 11) is -16.4. The molecule has 0 spiro atoms. The molecule has 3 unspecified atom stereocenters. The molecule has 0 bridgehead atoms. The average molecular weight is 493 g/mol. The third kappa shape index (κ3) is 5.73. The molecule has 0 aromatic carbocycles. The van der Waals surface area contributed by atoms with Gasteiger partial charge in [0.15, 0.2) is 11.6 Å². The fourth-order valence-electron chi connectivity index (χ4n) is 2.78. The summed E-state index contributed by atoms with van der Waals surface area (Å²) in [5.41, 5.74) is 6.23. The molecule has 0 amide bonds. The maximum Gasteiger partial charge on any atom is 0.490 e. The molecule has 30 heavy (non-hydrogen) atoms. The largest absolute Gasteiger partial charge is 0.490 e. The Morgan fingerprint density at radius 1 is 1.20 bits per heavy atom. The molecule has 3 heterocycles. The minimum absolute atomic E-state index is 0.0510. The number of rotatable bonds is 8. The molecular weight excluding hydrogens is 475 g/mol. The highest BCUT2D eigenvalue weighted by Crippen LogP contribution is 2.66. The number of fused-ring (bicyclic) bond motifs is 1. The number of hydrogen-bond acceptors (Lipinski definition) is 13. The summed E-state index contributed by atoms with van der Waals surface area (Å²) in [6, 6.07) is 0. The summed E-state index contributed by atoms with van der Waals surface area (Å²) in [5, 5.41) is 13.1. The molecule has 170 valence electrons. The lowest BCUT2D eigenvalue weighted by Gasteiger charge is -2.24. The van der Waals surface area contributed by atoms with Crippen molar-refractivity contribution in [3.8, 4) is 0 Å². The van der Waals surface area contributed by atoms with Crippen LogP contribution >= 0.6 is 23.5 Å². The Morgan fingerprint density at radius 3 is 2.57 bits per heavy atom. The van der Waals surface area contributed by atoms with E-state index in [1.807, 2.05) is 0 Å². The fourth-order valence-corrected chi connectivity index (χ4v) is 5.81. The number of aliphatic hydroxyl groups excluding tert-OH is 1. The zero-order chi connectivity index (χ0) is 22.3. The minimum Gasteiger partial charge on any atom is -0.390 e. The van der Waals surface area contributed by atoms with Crippen LogP contribution in [0.4, 0.5) is 17.3 Å². The van der Waals surface area contributed by atoms with Crippen LogP contribution in [0.3, 0.4) is 0 Å². The molecule has 1 aromatic rings. The van der Waals surface area contributed by atoms with Crippen molar-refractivity contribution in [1.82, 2.24) is 9.97 Å². The summed E-state index contributed by atoms with van der Waals surface area (Å²) < 4.78 is 51.0. The molecule has 17 nitrogen and oxygen atoms in total. The predicted octanol–water partition coefficient (Wildman–Crippen LogP) is -0.933. The lowest BCUT2D eigenvalue weighted by molar-refractivity contribution is -0.0214. The van der Waals surface area contributed by atoms with Gasteiger partial charge in [-0.25, -0.2) is 23.7 Å². The maximum absolute atomic E-state index is 11.8. The molecular formula is C10H18N5O12P3. The van der Waals surface area contributed by atoms with E-state index in [0.717, 1.165) is 0 Å². The van der Waals surface area contributed by atoms with Gasteiger partial charge in [0.2, 0.25) is 0 Å². The highest BCUT2D eigenvalue weighted by atomic mass is 31.3. The molecule has 0 aliphatic carbocycles. The summed E-state index contributed by atoms with van der Waals surface area (Å²) in [5.74, 6) is 0.637. The van der Waals surface area contributed by atoms with Gasteiger partial charge >= 0.3 is 23.5 Å². The number of aromatic nitrogens is 2. The van der Waals surface area contributed by atoms with Gasteiger partial charge in [-0.2, -0.15) is 8.62 Å². The quantitative estimate of drug-likeness (QED) is 0.216. The van der Waals surface area contributed by atoms with Crippen molar-refractivity contribution in [3.63, 3.8) is 0 Å². The third-order valence-electron chi connectivity index (χ3n) is 3.92. The second-order valence-electron chi connectivity index (χ2n) is 6.08. The number of ether oxygens (including phenoxy) is 1. The summed E-state index contributed by atoms with van der Waals surface area (Å²) in [4.78, 5) is 45.2. The zero-order valence-electron chi connectivity index (χ0n) is 14.8. The van der Waals surface area contributed by atoms with Gasteiger partial charge in [0.1, 0.15) is 24.3 Å². The first-order valence-electron chi connectivity index (χ1n) is 7.99. The van der Waals surface area contributed by atoms with E-state index in [-0.39, 0.29) is 18.9 Å². The molecule has 1 aromatic heterocycles. The van der Waals surface area contributed by atoms with E-state index in [9.17, 15) is 23.7 Å². The molecule has 2 aliphatic rings. The van der Waals surface area contributed by atoms with E-state index in [4.69, 9.17) is 25.2 Å². The molecule has 3 rings (SSSR count). The summed E-state index contributed by atoms with van der Waals surface area (Å²) >= 11 is 0. The van der Waals surface area contributed by atoms with Gasteiger partial charge in [0.25, 0.3) is 0 Å². The Bertz CT molecular complexity index is 943.